The molecule has 0 unspecified atom stereocenters. The van der Waals surface area contributed by atoms with Gasteiger partial charge in [-0.2, -0.15) is 0 Å². The van der Waals surface area contributed by atoms with E-state index in [1.807, 2.05) is 0 Å². The predicted octanol–water partition coefficient (Wildman–Crippen LogP) is 11.2. The molecule has 0 atom stereocenters. The van der Waals surface area contributed by atoms with E-state index in [1.165, 1.54) is 60.9 Å². The number of fused-ring (bicyclic) bond motifs is 6. The van der Waals surface area contributed by atoms with Crippen LogP contribution in [0, 0.1) is 13.8 Å². The van der Waals surface area contributed by atoms with Gasteiger partial charge in [-0.25, -0.2) is 0 Å². The van der Waals surface area contributed by atoms with Crippen molar-refractivity contribution in [2.75, 3.05) is 4.90 Å². The summed E-state index contributed by atoms with van der Waals surface area (Å²) in [6.45, 7) is 9.03. The van der Waals surface area contributed by atoms with E-state index < -0.39 is 0 Å². The lowest BCUT2D eigenvalue weighted by molar-refractivity contribution is 0.660. The van der Waals surface area contributed by atoms with Crippen LogP contribution >= 0.6 is 0 Å². The molecule has 0 aliphatic heterocycles. The zero-order valence-electron chi connectivity index (χ0n) is 25.1. The molecule has 0 spiro atoms. The number of hydrogen-bond acceptors (Lipinski definition) is 1. The molecule has 0 saturated carbocycles. The molecule has 2 heteroatoms. The summed E-state index contributed by atoms with van der Waals surface area (Å²) in [6, 6.07) is 49.1. The molecule has 1 aliphatic carbocycles. The number of aromatic nitrogens is 1. The molecule has 0 bridgehead atoms. The van der Waals surface area contributed by atoms with Crippen LogP contribution in [0.1, 0.15) is 36.1 Å². The van der Waals surface area contributed by atoms with Gasteiger partial charge >= 0.3 is 0 Å². The van der Waals surface area contributed by atoms with Gasteiger partial charge in [0.2, 0.25) is 0 Å². The second-order valence-corrected chi connectivity index (χ2v) is 12.5. The van der Waals surface area contributed by atoms with Crippen molar-refractivity contribution >= 4 is 38.9 Å². The van der Waals surface area contributed by atoms with E-state index in [2.05, 4.69) is 171 Å². The Labute approximate surface area is 253 Å². The first-order chi connectivity index (χ1) is 20.9. The van der Waals surface area contributed by atoms with Crippen molar-refractivity contribution in [2.45, 2.75) is 33.1 Å². The van der Waals surface area contributed by atoms with E-state index in [0.29, 0.717) is 0 Å². The summed E-state index contributed by atoms with van der Waals surface area (Å²) < 4.78 is 2.40. The Balaban J connectivity index is 1.27. The smallest absolute Gasteiger partial charge is 0.0541 e. The molecule has 6 aromatic carbocycles. The van der Waals surface area contributed by atoms with Crippen LogP contribution in [-0.4, -0.2) is 4.57 Å². The summed E-state index contributed by atoms with van der Waals surface area (Å²) in [6.07, 6.45) is 0. The van der Waals surface area contributed by atoms with Crippen molar-refractivity contribution in [1.29, 1.82) is 0 Å². The van der Waals surface area contributed by atoms with Crippen LogP contribution in [0.2, 0.25) is 0 Å². The largest absolute Gasteiger partial charge is 0.310 e. The number of rotatable bonds is 4. The fourth-order valence-corrected chi connectivity index (χ4v) is 7.14. The SMILES string of the molecule is Cc1ccc2c(c1)c1cc(C)ccc1n2-c1ccc(N(c2ccccc2)c2ccc3c(c2)C(C)(C)c2ccccc2-3)cc1. The molecule has 2 nitrogen and oxygen atoms in total. The molecule has 0 N–H and O–H groups in total. The van der Waals surface area contributed by atoms with Gasteiger partial charge < -0.3 is 9.47 Å². The van der Waals surface area contributed by atoms with Crippen molar-refractivity contribution in [3.05, 3.63) is 156 Å². The fraction of sp³-hybridized carbons (Fsp3) is 0.122. The highest BCUT2D eigenvalue weighted by atomic mass is 15.1. The summed E-state index contributed by atoms with van der Waals surface area (Å²) in [5.74, 6) is 0. The topological polar surface area (TPSA) is 8.17 Å². The summed E-state index contributed by atoms with van der Waals surface area (Å²) in [5, 5.41) is 2.60. The summed E-state index contributed by atoms with van der Waals surface area (Å²) >= 11 is 0. The lowest BCUT2D eigenvalue weighted by Gasteiger charge is -2.28. The molecule has 7 aromatic rings. The quantitative estimate of drug-likeness (QED) is 0.210. The van der Waals surface area contributed by atoms with Gasteiger partial charge in [0.25, 0.3) is 0 Å². The Morgan fingerprint density at radius 1 is 0.488 bits per heavy atom. The van der Waals surface area contributed by atoms with Crippen LogP contribution in [0.25, 0.3) is 38.6 Å². The van der Waals surface area contributed by atoms with E-state index in [4.69, 9.17) is 0 Å². The lowest BCUT2D eigenvalue weighted by atomic mass is 9.82. The maximum Gasteiger partial charge on any atom is 0.0541 e. The summed E-state index contributed by atoms with van der Waals surface area (Å²) in [7, 11) is 0. The van der Waals surface area contributed by atoms with E-state index in [1.54, 1.807) is 0 Å². The van der Waals surface area contributed by atoms with Gasteiger partial charge in [0, 0.05) is 38.9 Å². The molecule has 0 fully saturated rings. The highest BCUT2D eigenvalue weighted by molar-refractivity contribution is 6.09. The molecule has 0 amide bonds. The molecule has 0 radical (unpaired) electrons. The van der Waals surface area contributed by atoms with Crippen LogP contribution < -0.4 is 4.90 Å². The van der Waals surface area contributed by atoms with E-state index in [0.717, 1.165) is 17.1 Å². The van der Waals surface area contributed by atoms with Crippen molar-refractivity contribution in [1.82, 2.24) is 4.57 Å². The molecule has 1 aliphatic rings. The minimum Gasteiger partial charge on any atom is -0.310 e. The van der Waals surface area contributed by atoms with E-state index in [-0.39, 0.29) is 5.41 Å². The third-order valence-corrected chi connectivity index (χ3v) is 9.28. The minimum atomic E-state index is -0.0542. The monoisotopic (exact) mass is 554 g/mol. The molecule has 1 aromatic heterocycles. The number of nitrogens with zero attached hydrogens (tertiary/aromatic N) is 2. The highest BCUT2D eigenvalue weighted by Gasteiger charge is 2.35. The number of anilines is 3. The Kier molecular flexibility index (Phi) is 5.64. The van der Waals surface area contributed by atoms with Gasteiger partial charge in [0.15, 0.2) is 0 Å². The maximum absolute atomic E-state index is 2.40. The van der Waals surface area contributed by atoms with Crippen LogP contribution in [0.4, 0.5) is 17.1 Å². The van der Waals surface area contributed by atoms with Crippen molar-refractivity contribution in [3.8, 4) is 16.8 Å². The Hall–Kier alpha value is -5.08. The van der Waals surface area contributed by atoms with Gasteiger partial charge in [-0.05, 0) is 109 Å². The molecular weight excluding hydrogens is 520 g/mol. The predicted molar refractivity (Wildman–Crippen MR) is 183 cm³/mol. The lowest BCUT2D eigenvalue weighted by Crippen LogP contribution is -2.16. The first-order valence-electron chi connectivity index (χ1n) is 15.1. The normalized spacial score (nSPS) is 13.3. The summed E-state index contributed by atoms with van der Waals surface area (Å²) in [5.41, 5.74) is 15.0. The third-order valence-electron chi connectivity index (χ3n) is 9.28. The van der Waals surface area contributed by atoms with Gasteiger partial charge in [-0.1, -0.05) is 85.6 Å². The van der Waals surface area contributed by atoms with E-state index >= 15 is 0 Å². The number of para-hydroxylation sites is 1. The minimum absolute atomic E-state index is 0.0542. The Morgan fingerprint density at radius 2 is 1.05 bits per heavy atom. The first kappa shape index (κ1) is 25.6. The standard InChI is InChI=1S/C41H34N2/c1-27-14-22-39-35(24-27)36-25-28(2)15-23-40(36)43(39)31-18-16-30(17-19-31)42(29-10-6-5-7-11-29)32-20-21-34-33-12-8-9-13-37(33)41(3,4)38(34)26-32/h5-26H,1-4H3. The van der Waals surface area contributed by atoms with Gasteiger partial charge in [-0.3, -0.25) is 0 Å². The first-order valence-corrected chi connectivity index (χ1v) is 15.1. The van der Waals surface area contributed by atoms with Crippen molar-refractivity contribution in [3.63, 3.8) is 0 Å². The second-order valence-electron chi connectivity index (χ2n) is 12.5. The molecule has 0 saturated heterocycles. The van der Waals surface area contributed by atoms with E-state index in [9.17, 15) is 0 Å². The molecule has 8 rings (SSSR count). The number of hydrogen-bond donors (Lipinski definition) is 0. The zero-order valence-corrected chi connectivity index (χ0v) is 25.1. The van der Waals surface area contributed by atoms with Gasteiger partial charge in [0.05, 0.1) is 11.0 Å². The van der Waals surface area contributed by atoms with Crippen LogP contribution in [0.15, 0.2) is 133 Å². The fourth-order valence-electron chi connectivity index (χ4n) is 7.14. The van der Waals surface area contributed by atoms with Gasteiger partial charge in [-0.15, -0.1) is 0 Å². The average molecular weight is 555 g/mol. The van der Waals surface area contributed by atoms with Crippen molar-refractivity contribution in [2.24, 2.45) is 0 Å². The zero-order chi connectivity index (χ0) is 29.3. The van der Waals surface area contributed by atoms with Crippen LogP contribution in [-0.2, 0) is 5.41 Å². The average Bonchev–Trinajstić information content (AvgIpc) is 3.46. The molecule has 208 valence electrons. The molecule has 43 heavy (non-hydrogen) atoms. The number of benzene rings is 6. The molecule has 1 heterocycles. The maximum atomic E-state index is 2.40. The second kappa shape index (κ2) is 9.47. The Bertz CT molecular complexity index is 2110. The molecular formula is C41H34N2. The Morgan fingerprint density at radius 3 is 1.72 bits per heavy atom. The van der Waals surface area contributed by atoms with Gasteiger partial charge in [0.1, 0.15) is 0 Å². The van der Waals surface area contributed by atoms with Crippen molar-refractivity contribution < 1.29 is 0 Å². The van der Waals surface area contributed by atoms with Crippen LogP contribution in [0.5, 0.6) is 0 Å². The van der Waals surface area contributed by atoms with Crippen LogP contribution in [0.3, 0.4) is 0 Å². The third kappa shape index (κ3) is 3.94. The highest BCUT2D eigenvalue weighted by Crippen LogP contribution is 2.50. The number of aryl methyl sites for hydroxylation is 2. The summed E-state index contributed by atoms with van der Waals surface area (Å²) in [4.78, 5) is 2.38.